The van der Waals surface area contributed by atoms with Crippen molar-refractivity contribution in [3.8, 4) is 0 Å². The average Bonchev–Trinajstić information content (AvgIpc) is 3.09. The molecule has 0 radical (unpaired) electrons. The number of ether oxygens (including phenoxy) is 2. The second-order valence-corrected chi connectivity index (χ2v) is 6.38. The quantitative estimate of drug-likeness (QED) is 0.662. The predicted octanol–water partition coefficient (Wildman–Crippen LogP) is 3.22. The summed E-state index contributed by atoms with van der Waals surface area (Å²) < 4.78 is 9.99. The van der Waals surface area contributed by atoms with E-state index in [1.807, 2.05) is 6.07 Å². The fourth-order valence-electron chi connectivity index (χ4n) is 2.46. The van der Waals surface area contributed by atoms with Crippen molar-refractivity contribution in [3.05, 3.63) is 44.4 Å². The number of carbonyl (C=O) groups excluding carboxylic acids is 3. The lowest BCUT2D eigenvalue weighted by Gasteiger charge is -2.12. The van der Waals surface area contributed by atoms with Crippen LogP contribution < -0.4 is 0 Å². The standard InChI is InChI=1S/C17H19NO5S/c1-8-6-7-24-15(8)17(21)23-11(4)14(19)13-9(2)12(10(3)18-13)16(20)22-5/h6-7,11,18H,1-5H3/t11-/m0/s1. The van der Waals surface area contributed by atoms with Crippen LogP contribution in [-0.2, 0) is 9.47 Å². The molecule has 6 nitrogen and oxygen atoms in total. The first-order chi connectivity index (χ1) is 11.3. The van der Waals surface area contributed by atoms with E-state index in [1.165, 1.54) is 25.4 Å². The number of H-pyrrole nitrogens is 1. The molecule has 1 N–H and O–H groups in total. The van der Waals surface area contributed by atoms with Crippen LogP contribution in [0.1, 0.15) is 54.3 Å². The molecule has 0 fully saturated rings. The summed E-state index contributed by atoms with van der Waals surface area (Å²) >= 11 is 1.27. The van der Waals surface area contributed by atoms with Crippen LogP contribution in [0.3, 0.4) is 0 Å². The SMILES string of the molecule is COC(=O)c1c(C)[nH]c(C(=O)[C@H](C)OC(=O)c2sccc2C)c1C. The highest BCUT2D eigenvalue weighted by molar-refractivity contribution is 7.12. The third-order valence-corrected chi connectivity index (χ3v) is 4.77. The molecule has 0 aromatic carbocycles. The zero-order valence-corrected chi connectivity index (χ0v) is 15.0. The molecule has 2 aromatic heterocycles. The Kier molecular flexibility index (Phi) is 5.23. The Balaban J connectivity index is 2.21. The molecule has 2 rings (SSSR count). The Labute approximate surface area is 143 Å². The van der Waals surface area contributed by atoms with Crippen molar-refractivity contribution in [2.75, 3.05) is 7.11 Å². The number of nitrogens with one attached hydrogen (secondary N) is 1. The number of carbonyl (C=O) groups is 3. The number of Topliss-reactive ketones (excluding diaryl/α,β-unsaturated/α-hetero) is 1. The first kappa shape index (κ1) is 17.9. The molecular weight excluding hydrogens is 330 g/mol. The van der Waals surface area contributed by atoms with E-state index >= 15 is 0 Å². The normalized spacial score (nSPS) is 11.9. The molecule has 128 valence electrons. The number of aromatic nitrogens is 1. The number of ketones is 1. The second kappa shape index (κ2) is 7.00. The smallest absolute Gasteiger partial charge is 0.349 e. The number of thiophene rings is 1. The van der Waals surface area contributed by atoms with E-state index in [4.69, 9.17) is 9.47 Å². The van der Waals surface area contributed by atoms with Gasteiger partial charge in [-0.25, -0.2) is 9.59 Å². The van der Waals surface area contributed by atoms with Gasteiger partial charge in [0.05, 0.1) is 18.4 Å². The number of hydrogen-bond acceptors (Lipinski definition) is 6. The summed E-state index contributed by atoms with van der Waals surface area (Å²) in [6.45, 7) is 6.65. The van der Waals surface area contributed by atoms with Crippen molar-refractivity contribution in [2.24, 2.45) is 0 Å². The van der Waals surface area contributed by atoms with Gasteiger partial charge in [0.1, 0.15) is 4.88 Å². The van der Waals surface area contributed by atoms with Crippen LogP contribution in [0.15, 0.2) is 11.4 Å². The van der Waals surface area contributed by atoms with Gasteiger partial charge in [0.2, 0.25) is 5.78 Å². The van der Waals surface area contributed by atoms with Crippen LogP contribution in [0.5, 0.6) is 0 Å². The van der Waals surface area contributed by atoms with Crippen molar-refractivity contribution in [3.63, 3.8) is 0 Å². The Bertz CT molecular complexity index is 802. The van der Waals surface area contributed by atoms with Crippen LogP contribution in [-0.4, -0.2) is 35.9 Å². The molecule has 0 aliphatic carbocycles. The van der Waals surface area contributed by atoms with Gasteiger partial charge >= 0.3 is 11.9 Å². The first-order valence-corrected chi connectivity index (χ1v) is 8.22. The van der Waals surface area contributed by atoms with E-state index in [1.54, 1.807) is 26.2 Å². The maximum absolute atomic E-state index is 12.6. The summed E-state index contributed by atoms with van der Waals surface area (Å²) in [4.78, 5) is 39.9. The molecule has 0 spiro atoms. The van der Waals surface area contributed by atoms with Gasteiger partial charge in [-0.2, -0.15) is 0 Å². The lowest BCUT2D eigenvalue weighted by Crippen LogP contribution is -2.25. The predicted molar refractivity (Wildman–Crippen MR) is 89.9 cm³/mol. The highest BCUT2D eigenvalue weighted by Gasteiger charge is 2.28. The number of aryl methyl sites for hydroxylation is 2. The molecule has 0 saturated heterocycles. The molecule has 0 saturated carbocycles. The summed E-state index contributed by atoms with van der Waals surface area (Å²) in [5, 5.41) is 1.79. The number of methoxy groups -OCH3 is 1. The van der Waals surface area contributed by atoms with Gasteiger partial charge < -0.3 is 14.5 Å². The maximum Gasteiger partial charge on any atom is 0.349 e. The molecule has 2 aromatic rings. The Morgan fingerprint density at radius 1 is 1.17 bits per heavy atom. The van der Waals surface area contributed by atoms with E-state index in [0.29, 0.717) is 21.7 Å². The molecule has 0 aliphatic rings. The molecule has 0 aliphatic heterocycles. The summed E-state index contributed by atoms with van der Waals surface area (Å²) in [6, 6.07) is 1.81. The van der Waals surface area contributed by atoms with Gasteiger partial charge in [0.25, 0.3) is 0 Å². The van der Waals surface area contributed by atoms with Crippen molar-refractivity contribution in [1.29, 1.82) is 0 Å². The van der Waals surface area contributed by atoms with Crippen LogP contribution in [0.4, 0.5) is 0 Å². The first-order valence-electron chi connectivity index (χ1n) is 7.34. The summed E-state index contributed by atoms with van der Waals surface area (Å²) in [7, 11) is 1.28. The van der Waals surface area contributed by atoms with Gasteiger partial charge in [0.15, 0.2) is 6.10 Å². The summed E-state index contributed by atoms with van der Waals surface area (Å²) in [5.74, 6) is -1.44. The van der Waals surface area contributed by atoms with Gasteiger partial charge in [-0.05, 0) is 50.3 Å². The monoisotopic (exact) mass is 349 g/mol. The fraction of sp³-hybridized carbons (Fsp3) is 0.353. The van der Waals surface area contributed by atoms with E-state index < -0.39 is 23.8 Å². The van der Waals surface area contributed by atoms with Gasteiger partial charge in [-0.1, -0.05) is 0 Å². The van der Waals surface area contributed by atoms with Crippen LogP contribution in [0.2, 0.25) is 0 Å². The Hall–Kier alpha value is -2.41. The van der Waals surface area contributed by atoms with Crippen LogP contribution >= 0.6 is 11.3 Å². The molecule has 0 amide bonds. The van der Waals surface area contributed by atoms with E-state index in [9.17, 15) is 14.4 Å². The topological polar surface area (TPSA) is 85.5 Å². The van der Waals surface area contributed by atoms with E-state index in [-0.39, 0.29) is 5.69 Å². The molecule has 2 heterocycles. The van der Waals surface area contributed by atoms with E-state index in [2.05, 4.69) is 4.98 Å². The Morgan fingerprint density at radius 3 is 2.38 bits per heavy atom. The van der Waals surface area contributed by atoms with Crippen LogP contribution in [0, 0.1) is 20.8 Å². The third kappa shape index (κ3) is 3.26. The van der Waals surface area contributed by atoms with Crippen LogP contribution in [0.25, 0.3) is 0 Å². The minimum Gasteiger partial charge on any atom is -0.465 e. The summed E-state index contributed by atoms with van der Waals surface area (Å²) in [6.07, 6.45) is -0.971. The molecular formula is C17H19NO5S. The number of hydrogen-bond donors (Lipinski definition) is 1. The Morgan fingerprint density at radius 2 is 1.83 bits per heavy atom. The van der Waals surface area contributed by atoms with Crippen molar-refractivity contribution in [2.45, 2.75) is 33.8 Å². The van der Waals surface area contributed by atoms with Gasteiger partial charge in [0, 0.05) is 5.69 Å². The average molecular weight is 349 g/mol. The number of esters is 2. The minimum absolute atomic E-state index is 0.246. The number of aromatic amines is 1. The largest absolute Gasteiger partial charge is 0.465 e. The zero-order valence-electron chi connectivity index (χ0n) is 14.2. The summed E-state index contributed by atoms with van der Waals surface area (Å²) in [5.41, 5.74) is 2.41. The molecule has 0 unspecified atom stereocenters. The lowest BCUT2D eigenvalue weighted by molar-refractivity contribution is 0.0321. The highest BCUT2D eigenvalue weighted by atomic mass is 32.1. The van der Waals surface area contributed by atoms with Gasteiger partial charge in [-0.3, -0.25) is 4.79 Å². The second-order valence-electron chi connectivity index (χ2n) is 5.46. The lowest BCUT2D eigenvalue weighted by atomic mass is 10.1. The van der Waals surface area contributed by atoms with E-state index in [0.717, 1.165) is 5.56 Å². The highest BCUT2D eigenvalue weighted by Crippen LogP contribution is 2.22. The maximum atomic E-state index is 12.6. The molecule has 24 heavy (non-hydrogen) atoms. The van der Waals surface area contributed by atoms with Gasteiger partial charge in [-0.15, -0.1) is 11.3 Å². The van der Waals surface area contributed by atoms with Crippen molar-refractivity contribution < 1.29 is 23.9 Å². The number of rotatable bonds is 5. The molecule has 7 heteroatoms. The zero-order chi connectivity index (χ0) is 18.0. The molecule has 1 atom stereocenters. The minimum atomic E-state index is -0.971. The van der Waals surface area contributed by atoms with Crippen molar-refractivity contribution >= 4 is 29.1 Å². The fourth-order valence-corrected chi connectivity index (χ4v) is 3.26. The van der Waals surface area contributed by atoms with Crippen molar-refractivity contribution in [1.82, 2.24) is 4.98 Å². The molecule has 0 bridgehead atoms. The third-order valence-electron chi connectivity index (χ3n) is 3.77.